The van der Waals surface area contributed by atoms with Gasteiger partial charge in [-0.05, 0) is 47.4 Å². The number of aromatic nitrogens is 2. The first-order valence-electron chi connectivity index (χ1n) is 12.2. The molecule has 0 radical (unpaired) electrons. The van der Waals surface area contributed by atoms with Gasteiger partial charge >= 0.3 is 5.97 Å². The summed E-state index contributed by atoms with van der Waals surface area (Å²) in [5.74, 6) is -0.0227. The second-order valence-corrected chi connectivity index (χ2v) is 9.63. The second-order valence-electron chi connectivity index (χ2n) is 9.63. The lowest BCUT2D eigenvalue weighted by molar-refractivity contribution is -0.172. The molecule has 2 aromatic heterocycles. The fourth-order valence-corrected chi connectivity index (χ4v) is 5.61. The molecule has 0 aliphatic carbocycles. The van der Waals surface area contributed by atoms with Gasteiger partial charge in [-0.1, -0.05) is 25.6 Å². The molecular weight excluding hydrogens is 491 g/mol. The quantitative estimate of drug-likeness (QED) is 0.365. The highest BCUT2D eigenvalue weighted by Crippen LogP contribution is 2.45. The van der Waals surface area contributed by atoms with E-state index >= 15 is 0 Å². The van der Waals surface area contributed by atoms with Crippen LogP contribution in [0.2, 0.25) is 0 Å². The number of halogens is 1. The maximum Gasteiger partial charge on any atom is 0.343 e. The van der Waals surface area contributed by atoms with Crippen molar-refractivity contribution in [2.75, 3.05) is 6.79 Å². The van der Waals surface area contributed by atoms with E-state index in [0.29, 0.717) is 39.5 Å². The van der Waals surface area contributed by atoms with Crippen molar-refractivity contribution < 1.29 is 28.5 Å². The molecule has 0 bridgehead atoms. The van der Waals surface area contributed by atoms with Crippen molar-refractivity contribution in [2.24, 2.45) is 0 Å². The van der Waals surface area contributed by atoms with E-state index in [-0.39, 0.29) is 48.9 Å². The normalized spacial score (nSPS) is 18.7. The van der Waals surface area contributed by atoms with Crippen LogP contribution in [0.1, 0.15) is 41.2 Å². The summed E-state index contributed by atoms with van der Waals surface area (Å²) in [4.78, 5) is 31.1. The molecule has 0 unspecified atom stereocenters. The van der Waals surface area contributed by atoms with Gasteiger partial charge in [-0.15, -0.1) is 0 Å². The molecule has 38 heavy (non-hydrogen) atoms. The van der Waals surface area contributed by atoms with Crippen molar-refractivity contribution >= 4 is 22.4 Å². The van der Waals surface area contributed by atoms with E-state index in [0.717, 1.165) is 16.5 Å². The molecule has 0 spiro atoms. The molecule has 3 aliphatic rings. The number of pyridine rings is 2. The third-order valence-corrected chi connectivity index (χ3v) is 7.68. The fourth-order valence-electron chi connectivity index (χ4n) is 5.61. The molecule has 9 heteroatoms. The number of rotatable bonds is 3. The zero-order chi connectivity index (χ0) is 26.3. The van der Waals surface area contributed by atoms with Crippen LogP contribution in [-0.4, -0.2) is 27.4 Å². The number of fused-ring (bicyclic) bond motifs is 6. The van der Waals surface area contributed by atoms with Gasteiger partial charge in [0.1, 0.15) is 12.4 Å². The van der Waals surface area contributed by atoms with Crippen molar-refractivity contribution in [3.8, 4) is 22.9 Å². The van der Waals surface area contributed by atoms with Crippen LogP contribution in [0.15, 0.2) is 53.8 Å². The van der Waals surface area contributed by atoms with Crippen molar-refractivity contribution in [3.05, 3.63) is 93.0 Å². The van der Waals surface area contributed by atoms with E-state index in [1.807, 2.05) is 6.07 Å². The highest BCUT2D eigenvalue weighted by Gasteiger charge is 2.45. The largest absolute Gasteiger partial charge is 0.458 e. The molecule has 0 fully saturated rings. The molecule has 0 saturated carbocycles. The van der Waals surface area contributed by atoms with Gasteiger partial charge in [-0.2, -0.15) is 0 Å². The average Bonchev–Trinajstić information content (AvgIpc) is 3.53. The summed E-state index contributed by atoms with van der Waals surface area (Å²) in [5, 5.41) is 11.9. The first-order chi connectivity index (χ1) is 18.3. The highest BCUT2D eigenvalue weighted by atomic mass is 19.1. The number of aliphatic hydroxyl groups is 1. The highest BCUT2D eigenvalue weighted by molar-refractivity contribution is 6.01. The molecule has 2 aromatic carbocycles. The van der Waals surface area contributed by atoms with Crippen molar-refractivity contribution in [2.45, 2.75) is 32.1 Å². The zero-order valence-corrected chi connectivity index (χ0v) is 20.3. The van der Waals surface area contributed by atoms with E-state index in [2.05, 4.69) is 6.58 Å². The van der Waals surface area contributed by atoms with Crippen LogP contribution in [0.3, 0.4) is 0 Å². The van der Waals surface area contributed by atoms with Crippen LogP contribution in [0.25, 0.3) is 27.9 Å². The number of nitrogens with zero attached hydrogens (tertiary/aromatic N) is 2. The number of benzene rings is 2. The fraction of sp³-hybridized carbons (Fsp3) is 0.207. The number of ether oxygens (including phenoxy) is 3. The Balaban J connectivity index is 1.53. The monoisotopic (exact) mass is 512 g/mol. The van der Waals surface area contributed by atoms with E-state index in [1.165, 1.54) is 12.1 Å². The minimum atomic E-state index is -1.92. The first kappa shape index (κ1) is 22.7. The SMILES string of the molecule is C=C(c1ccc(F)cc1)c1c2c(nc3cc4c(cc13)OCO4)-c1cc3c(c(=O)n1C2)COC(=O)[C@]3(O)CC. The van der Waals surface area contributed by atoms with E-state index in [1.54, 1.807) is 35.8 Å². The Hall–Kier alpha value is -4.50. The number of hydrogen-bond donors (Lipinski definition) is 1. The number of hydrogen-bond acceptors (Lipinski definition) is 7. The maximum atomic E-state index is 13.7. The van der Waals surface area contributed by atoms with Gasteiger partial charge in [0.2, 0.25) is 6.79 Å². The van der Waals surface area contributed by atoms with Gasteiger partial charge < -0.3 is 23.9 Å². The smallest absolute Gasteiger partial charge is 0.343 e. The van der Waals surface area contributed by atoms with Crippen LogP contribution in [0.4, 0.5) is 4.39 Å². The van der Waals surface area contributed by atoms with Gasteiger partial charge in [-0.25, -0.2) is 14.2 Å². The van der Waals surface area contributed by atoms with Crippen molar-refractivity contribution in [1.29, 1.82) is 0 Å². The van der Waals surface area contributed by atoms with Gasteiger partial charge in [-0.3, -0.25) is 4.79 Å². The standard InChI is InChI=1S/C29H21FN2O6/c1-3-29(35)20-9-22-26-18(11-32(22)27(33)19(20)12-36-28(29)34)25(14(2)15-4-6-16(30)7-5-15)17-8-23-24(38-13-37-23)10-21(17)31-26/h4-10,35H,2-3,11-13H2,1H3/t29-/m0/s1. The van der Waals surface area contributed by atoms with Crippen LogP contribution >= 0.6 is 0 Å². The van der Waals surface area contributed by atoms with Crippen LogP contribution in [-0.2, 0) is 28.3 Å². The summed E-state index contributed by atoms with van der Waals surface area (Å²) in [5.41, 5.74) is 2.65. The number of cyclic esters (lactones) is 1. The van der Waals surface area contributed by atoms with E-state index in [4.69, 9.17) is 19.2 Å². The Morgan fingerprint density at radius 3 is 2.58 bits per heavy atom. The molecule has 1 atom stereocenters. The lowest BCUT2D eigenvalue weighted by Crippen LogP contribution is -2.44. The minimum Gasteiger partial charge on any atom is -0.458 e. The van der Waals surface area contributed by atoms with Gasteiger partial charge in [0.15, 0.2) is 17.1 Å². The topological polar surface area (TPSA) is 99.9 Å². The van der Waals surface area contributed by atoms with Gasteiger partial charge in [0.25, 0.3) is 5.56 Å². The summed E-state index contributed by atoms with van der Waals surface area (Å²) in [6.07, 6.45) is 0.0514. The maximum absolute atomic E-state index is 13.7. The Kier molecular flexibility index (Phi) is 4.63. The molecular formula is C29H21FN2O6. The zero-order valence-electron chi connectivity index (χ0n) is 20.3. The first-order valence-corrected chi connectivity index (χ1v) is 12.2. The van der Waals surface area contributed by atoms with Gasteiger partial charge in [0.05, 0.1) is 29.0 Å². The Bertz CT molecular complexity index is 1790. The molecule has 5 heterocycles. The lowest BCUT2D eigenvalue weighted by atomic mass is 9.86. The van der Waals surface area contributed by atoms with Crippen LogP contribution in [0.5, 0.6) is 11.5 Å². The molecule has 7 rings (SSSR count). The number of carbonyl (C=O) groups excluding carboxylic acids is 1. The molecule has 4 aromatic rings. The summed E-state index contributed by atoms with van der Waals surface area (Å²) in [6, 6.07) is 11.3. The molecule has 0 saturated heterocycles. The second kappa shape index (κ2) is 7.75. The predicted octanol–water partition coefficient (Wildman–Crippen LogP) is 4.01. The van der Waals surface area contributed by atoms with Crippen molar-refractivity contribution in [1.82, 2.24) is 9.55 Å². The molecule has 190 valence electrons. The summed E-state index contributed by atoms with van der Waals surface area (Å²) in [6.45, 7) is 6.08. The molecule has 3 aliphatic heterocycles. The third-order valence-electron chi connectivity index (χ3n) is 7.68. The molecule has 1 N–H and O–H groups in total. The number of esters is 1. The van der Waals surface area contributed by atoms with Gasteiger partial charge in [0, 0.05) is 22.6 Å². The predicted molar refractivity (Wildman–Crippen MR) is 135 cm³/mol. The summed E-state index contributed by atoms with van der Waals surface area (Å²) in [7, 11) is 0. The Morgan fingerprint density at radius 1 is 1.11 bits per heavy atom. The van der Waals surface area contributed by atoms with Crippen LogP contribution < -0.4 is 15.0 Å². The Morgan fingerprint density at radius 2 is 1.84 bits per heavy atom. The minimum absolute atomic E-state index is 0.0514. The third kappa shape index (κ3) is 2.96. The lowest BCUT2D eigenvalue weighted by Gasteiger charge is -2.31. The Labute approximate surface area is 215 Å². The average molecular weight is 512 g/mol. The van der Waals surface area contributed by atoms with Crippen molar-refractivity contribution in [3.63, 3.8) is 0 Å². The number of carbonyl (C=O) groups is 1. The molecule has 0 amide bonds. The van der Waals surface area contributed by atoms with Crippen LogP contribution in [0, 0.1) is 5.82 Å². The van der Waals surface area contributed by atoms with E-state index < -0.39 is 11.6 Å². The summed E-state index contributed by atoms with van der Waals surface area (Å²) >= 11 is 0. The van der Waals surface area contributed by atoms with E-state index in [9.17, 15) is 19.1 Å². The summed E-state index contributed by atoms with van der Waals surface area (Å²) < 4.78 is 31.6. The molecule has 8 nitrogen and oxygen atoms in total.